The van der Waals surface area contributed by atoms with E-state index in [2.05, 4.69) is 49.8 Å². The zero-order chi connectivity index (χ0) is 15.6. The van der Waals surface area contributed by atoms with Gasteiger partial charge in [-0.2, -0.15) is 0 Å². The van der Waals surface area contributed by atoms with Crippen molar-refractivity contribution in [3.8, 4) is 11.5 Å². The number of benzene rings is 1. The standard InChI is InChI=1S/C15H25BrO3Si/c1-15(2,3)20(5,6)19-14-11(9-10-17)12(16)7-8-13(14)18-4/h7-8,17H,9-10H2,1-6H3. The molecule has 0 radical (unpaired) electrons. The van der Waals surface area contributed by atoms with Gasteiger partial charge in [-0.15, -0.1) is 0 Å². The SMILES string of the molecule is COc1ccc(Br)c(CCO)c1O[Si](C)(C)C(C)(C)C. The van der Waals surface area contributed by atoms with Crippen molar-refractivity contribution < 1.29 is 14.3 Å². The maximum Gasteiger partial charge on any atom is 0.250 e. The molecule has 0 fully saturated rings. The van der Waals surface area contributed by atoms with Crippen LogP contribution >= 0.6 is 15.9 Å². The highest BCUT2D eigenvalue weighted by atomic mass is 79.9. The fourth-order valence-electron chi connectivity index (χ4n) is 1.61. The first-order valence-corrected chi connectivity index (χ1v) is 10.5. The lowest BCUT2D eigenvalue weighted by Crippen LogP contribution is -2.44. The molecule has 0 heterocycles. The van der Waals surface area contributed by atoms with Crippen LogP contribution in [0.5, 0.6) is 11.5 Å². The summed E-state index contributed by atoms with van der Waals surface area (Å²) in [6.45, 7) is 11.1. The molecule has 1 aromatic carbocycles. The van der Waals surface area contributed by atoms with E-state index >= 15 is 0 Å². The Kier molecular flexibility index (Phi) is 5.69. The second-order valence-corrected chi connectivity index (χ2v) is 12.0. The molecule has 1 rings (SSSR count). The summed E-state index contributed by atoms with van der Waals surface area (Å²) in [5.74, 6) is 1.49. The molecule has 3 nitrogen and oxygen atoms in total. The molecule has 0 unspecified atom stereocenters. The predicted molar refractivity (Wildman–Crippen MR) is 89.3 cm³/mol. The van der Waals surface area contributed by atoms with Gasteiger partial charge in [0, 0.05) is 23.1 Å². The first kappa shape index (κ1) is 17.5. The average molecular weight is 361 g/mol. The Labute approximate surface area is 131 Å². The molecule has 0 aliphatic heterocycles. The van der Waals surface area contributed by atoms with E-state index in [1.165, 1.54) is 0 Å². The van der Waals surface area contributed by atoms with Gasteiger partial charge in [0.15, 0.2) is 11.5 Å². The van der Waals surface area contributed by atoms with Crippen molar-refractivity contribution in [2.75, 3.05) is 13.7 Å². The van der Waals surface area contributed by atoms with Gasteiger partial charge in [0.1, 0.15) is 0 Å². The van der Waals surface area contributed by atoms with Gasteiger partial charge in [-0.05, 0) is 30.3 Å². The molecular weight excluding hydrogens is 336 g/mol. The van der Waals surface area contributed by atoms with Gasteiger partial charge in [-0.3, -0.25) is 0 Å². The van der Waals surface area contributed by atoms with Crippen molar-refractivity contribution in [3.63, 3.8) is 0 Å². The minimum atomic E-state index is -1.96. The summed E-state index contributed by atoms with van der Waals surface area (Å²) in [4.78, 5) is 0. The van der Waals surface area contributed by atoms with Crippen LogP contribution < -0.4 is 9.16 Å². The lowest BCUT2D eigenvalue weighted by molar-refractivity contribution is 0.297. The first-order valence-electron chi connectivity index (χ1n) is 6.79. The van der Waals surface area contributed by atoms with Crippen LogP contribution in [0, 0.1) is 0 Å². The van der Waals surface area contributed by atoms with Crippen molar-refractivity contribution in [1.29, 1.82) is 0 Å². The topological polar surface area (TPSA) is 38.7 Å². The fourth-order valence-corrected chi connectivity index (χ4v) is 3.16. The molecule has 0 saturated carbocycles. The second kappa shape index (κ2) is 6.50. The molecule has 0 aromatic heterocycles. The molecule has 5 heteroatoms. The van der Waals surface area contributed by atoms with Crippen LogP contribution in [0.3, 0.4) is 0 Å². The number of ether oxygens (including phenoxy) is 1. The van der Waals surface area contributed by atoms with Crippen molar-refractivity contribution >= 4 is 24.2 Å². The molecule has 0 aliphatic rings. The Morgan fingerprint density at radius 2 is 1.85 bits per heavy atom. The molecule has 0 bridgehead atoms. The highest BCUT2D eigenvalue weighted by Crippen LogP contribution is 2.43. The first-order chi connectivity index (χ1) is 9.14. The quantitative estimate of drug-likeness (QED) is 0.791. The normalized spacial score (nSPS) is 12.4. The molecule has 1 N–H and O–H groups in total. The smallest absolute Gasteiger partial charge is 0.250 e. The number of rotatable bonds is 5. The summed E-state index contributed by atoms with van der Waals surface area (Å²) in [7, 11) is -0.316. The summed E-state index contributed by atoms with van der Waals surface area (Å²) < 4.78 is 12.8. The van der Waals surface area contributed by atoms with Crippen molar-refractivity contribution in [1.82, 2.24) is 0 Å². The summed E-state index contributed by atoms with van der Waals surface area (Å²) >= 11 is 3.54. The zero-order valence-corrected chi connectivity index (χ0v) is 15.8. The van der Waals surface area contributed by atoms with E-state index in [0.717, 1.165) is 21.5 Å². The van der Waals surface area contributed by atoms with Crippen molar-refractivity contribution in [3.05, 3.63) is 22.2 Å². The Bertz CT molecular complexity index is 467. The number of halogens is 1. The van der Waals surface area contributed by atoms with Gasteiger partial charge in [-0.25, -0.2) is 0 Å². The lowest BCUT2D eigenvalue weighted by atomic mass is 10.1. The van der Waals surface area contributed by atoms with Gasteiger partial charge in [0.25, 0.3) is 8.32 Å². The minimum Gasteiger partial charge on any atom is -0.541 e. The molecule has 0 amide bonds. The third kappa shape index (κ3) is 3.77. The third-order valence-electron chi connectivity index (χ3n) is 3.91. The lowest BCUT2D eigenvalue weighted by Gasteiger charge is -2.37. The Hall–Kier alpha value is -0.523. The van der Waals surface area contributed by atoms with Gasteiger partial charge < -0.3 is 14.3 Å². The van der Waals surface area contributed by atoms with Crippen molar-refractivity contribution in [2.45, 2.75) is 45.3 Å². The van der Waals surface area contributed by atoms with E-state index in [9.17, 15) is 5.11 Å². The van der Waals surface area contributed by atoms with Crippen LogP contribution in [0.25, 0.3) is 0 Å². The number of aliphatic hydroxyl groups is 1. The summed E-state index contributed by atoms with van der Waals surface area (Å²) in [5.41, 5.74) is 0.969. The average Bonchev–Trinajstić information content (AvgIpc) is 2.32. The molecule has 0 spiro atoms. The van der Waals surface area contributed by atoms with Gasteiger partial charge in [-0.1, -0.05) is 36.7 Å². The highest BCUT2D eigenvalue weighted by Gasteiger charge is 2.40. The number of hydrogen-bond acceptors (Lipinski definition) is 3. The van der Waals surface area contributed by atoms with Crippen LogP contribution in [0.2, 0.25) is 18.1 Å². The van der Waals surface area contributed by atoms with Crippen LogP contribution in [0.4, 0.5) is 0 Å². The van der Waals surface area contributed by atoms with Crippen LogP contribution in [-0.4, -0.2) is 27.1 Å². The molecule has 114 valence electrons. The monoisotopic (exact) mass is 360 g/mol. The van der Waals surface area contributed by atoms with Crippen molar-refractivity contribution in [2.24, 2.45) is 0 Å². The molecule has 1 aromatic rings. The summed E-state index contributed by atoms with van der Waals surface area (Å²) in [5, 5.41) is 9.39. The van der Waals surface area contributed by atoms with Crippen LogP contribution in [0.15, 0.2) is 16.6 Å². The summed E-state index contributed by atoms with van der Waals surface area (Å²) in [6, 6.07) is 3.83. The largest absolute Gasteiger partial charge is 0.541 e. The highest BCUT2D eigenvalue weighted by molar-refractivity contribution is 9.10. The molecule has 20 heavy (non-hydrogen) atoms. The minimum absolute atomic E-state index is 0.0830. The number of methoxy groups -OCH3 is 1. The number of hydrogen-bond donors (Lipinski definition) is 1. The van der Waals surface area contributed by atoms with E-state index < -0.39 is 8.32 Å². The van der Waals surface area contributed by atoms with Gasteiger partial charge >= 0.3 is 0 Å². The maximum absolute atomic E-state index is 9.28. The Morgan fingerprint density at radius 3 is 2.30 bits per heavy atom. The van der Waals surface area contributed by atoms with E-state index in [-0.39, 0.29) is 11.6 Å². The molecular formula is C15H25BrO3Si. The maximum atomic E-state index is 9.28. The molecule has 0 atom stereocenters. The molecule has 0 aliphatic carbocycles. The van der Waals surface area contributed by atoms with E-state index in [1.54, 1.807) is 7.11 Å². The van der Waals surface area contributed by atoms with Crippen LogP contribution in [0.1, 0.15) is 26.3 Å². The molecule has 0 saturated heterocycles. The zero-order valence-electron chi connectivity index (χ0n) is 13.2. The van der Waals surface area contributed by atoms with E-state index in [4.69, 9.17) is 9.16 Å². The van der Waals surface area contributed by atoms with Gasteiger partial charge in [0.2, 0.25) is 0 Å². The Balaban J connectivity index is 3.31. The summed E-state index contributed by atoms with van der Waals surface area (Å²) in [6.07, 6.45) is 0.543. The third-order valence-corrected chi connectivity index (χ3v) is 8.98. The van der Waals surface area contributed by atoms with E-state index in [1.807, 2.05) is 12.1 Å². The Morgan fingerprint density at radius 1 is 1.25 bits per heavy atom. The van der Waals surface area contributed by atoms with Gasteiger partial charge in [0.05, 0.1) is 7.11 Å². The number of aliphatic hydroxyl groups excluding tert-OH is 1. The fraction of sp³-hybridized carbons (Fsp3) is 0.600. The van der Waals surface area contributed by atoms with Crippen LogP contribution in [-0.2, 0) is 6.42 Å². The predicted octanol–water partition coefficient (Wildman–Crippen LogP) is 4.38. The van der Waals surface area contributed by atoms with E-state index in [0.29, 0.717) is 6.42 Å². The second-order valence-electron chi connectivity index (χ2n) is 6.39.